The van der Waals surface area contributed by atoms with Gasteiger partial charge in [0, 0.05) is 12.0 Å². The van der Waals surface area contributed by atoms with Crippen LogP contribution in [0.3, 0.4) is 0 Å². The van der Waals surface area contributed by atoms with E-state index in [2.05, 4.69) is 23.1 Å². The lowest BCUT2D eigenvalue weighted by atomic mass is 9.91. The zero-order valence-electron chi connectivity index (χ0n) is 18.0. The van der Waals surface area contributed by atoms with Crippen LogP contribution in [0, 0.1) is 6.92 Å². The van der Waals surface area contributed by atoms with Gasteiger partial charge in [-0.05, 0) is 57.0 Å². The van der Waals surface area contributed by atoms with Crippen LogP contribution in [-0.4, -0.2) is 37.9 Å². The monoisotopic (exact) mass is 413 g/mol. The third kappa shape index (κ3) is 5.23. The Kier molecular flexibility index (Phi) is 7.54. The fourth-order valence-corrected chi connectivity index (χ4v) is 3.65. The van der Waals surface area contributed by atoms with Gasteiger partial charge in [0.25, 0.3) is 5.91 Å². The van der Waals surface area contributed by atoms with Crippen molar-refractivity contribution in [2.75, 3.05) is 19.8 Å². The van der Waals surface area contributed by atoms with Crippen LogP contribution in [0.4, 0.5) is 0 Å². The van der Waals surface area contributed by atoms with Gasteiger partial charge >= 0.3 is 0 Å². The van der Waals surface area contributed by atoms with Gasteiger partial charge in [-0.2, -0.15) is 0 Å². The lowest BCUT2D eigenvalue weighted by molar-refractivity contribution is -0.124. The number of nitrogens with one attached hydrogen (secondary N) is 3. The smallest absolute Gasteiger partial charge is 0.259 e. The predicted molar refractivity (Wildman–Crippen MR) is 116 cm³/mol. The molecular weight excluding hydrogens is 382 g/mol. The summed E-state index contributed by atoms with van der Waals surface area (Å²) >= 11 is 0. The molecule has 0 aliphatic carbocycles. The second kappa shape index (κ2) is 10.3. The number of amides is 1. The molecule has 2 aromatic rings. The molecule has 0 aromatic heterocycles. The van der Waals surface area contributed by atoms with Gasteiger partial charge in [0.05, 0.1) is 13.2 Å². The van der Waals surface area contributed by atoms with E-state index in [1.54, 1.807) is 0 Å². The minimum atomic E-state index is -0.277. The second-order valence-electron chi connectivity index (χ2n) is 7.27. The van der Waals surface area contributed by atoms with Crippen molar-refractivity contribution in [3.05, 3.63) is 53.6 Å². The molecule has 1 aliphatic heterocycles. The van der Waals surface area contributed by atoms with Gasteiger partial charge in [0.1, 0.15) is 11.9 Å². The minimum absolute atomic E-state index is 0.0160. The first-order valence-electron chi connectivity index (χ1n) is 10.4. The molecule has 1 fully saturated rings. The van der Waals surface area contributed by atoms with E-state index in [1.165, 1.54) is 0 Å². The van der Waals surface area contributed by atoms with Crippen LogP contribution in [-0.2, 0) is 4.79 Å². The molecule has 1 saturated heterocycles. The SMILES string of the molecule is CCOc1ccc(C2C(C)NNC2NC(=O)COc2ccccc2C)cc1OCC. The van der Waals surface area contributed by atoms with Crippen LogP contribution in [0.1, 0.15) is 37.8 Å². The molecule has 1 amide bonds. The van der Waals surface area contributed by atoms with Gasteiger partial charge in [0.15, 0.2) is 18.1 Å². The van der Waals surface area contributed by atoms with Gasteiger partial charge in [-0.3, -0.25) is 10.2 Å². The van der Waals surface area contributed by atoms with Crippen LogP contribution >= 0.6 is 0 Å². The van der Waals surface area contributed by atoms with Crippen molar-refractivity contribution in [1.82, 2.24) is 16.2 Å². The topological polar surface area (TPSA) is 80.9 Å². The maximum atomic E-state index is 12.5. The summed E-state index contributed by atoms with van der Waals surface area (Å²) in [4.78, 5) is 12.5. The third-order valence-corrected chi connectivity index (χ3v) is 5.09. The molecular formula is C23H31N3O4. The van der Waals surface area contributed by atoms with Crippen LogP contribution in [0.5, 0.6) is 17.2 Å². The third-order valence-electron chi connectivity index (χ3n) is 5.09. The Morgan fingerprint density at radius 1 is 0.967 bits per heavy atom. The number of hydrogen-bond acceptors (Lipinski definition) is 6. The van der Waals surface area contributed by atoms with E-state index < -0.39 is 0 Å². The van der Waals surface area contributed by atoms with E-state index in [4.69, 9.17) is 14.2 Å². The van der Waals surface area contributed by atoms with E-state index in [0.717, 1.165) is 16.9 Å². The highest BCUT2D eigenvalue weighted by Gasteiger charge is 2.35. The summed E-state index contributed by atoms with van der Waals surface area (Å²) in [6.07, 6.45) is -0.277. The number of para-hydroxylation sites is 1. The van der Waals surface area contributed by atoms with E-state index in [-0.39, 0.29) is 30.6 Å². The quantitative estimate of drug-likeness (QED) is 0.587. The molecule has 0 radical (unpaired) electrons. The number of ether oxygens (including phenoxy) is 3. The molecule has 7 nitrogen and oxygen atoms in total. The van der Waals surface area contributed by atoms with Crippen LogP contribution in [0.2, 0.25) is 0 Å². The van der Waals surface area contributed by atoms with Crippen molar-refractivity contribution in [3.63, 3.8) is 0 Å². The van der Waals surface area contributed by atoms with Crippen LogP contribution in [0.25, 0.3) is 0 Å². The van der Waals surface area contributed by atoms with Crippen molar-refractivity contribution in [1.29, 1.82) is 0 Å². The molecule has 3 unspecified atom stereocenters. The number of benzene rings is 2. The molecule has 0 spiro atoms. The maximum absolute atomic E-state index is 12.5. The first-order chi connectivity index (χ1) is 14.5. The molecule has 3 rings (SSSR count). The van der Waals surface area contributed by atoms with Crippen molar-refractivity contribution in [2.24, 2.45) is 0 Å². The molecule has 7 heteroatoms. The number of aryl methyl sites for hydroxylation is 1. The Bertz CT molecular complexity index is 858. The Morgan fingerprint density at radius 2 is 1.70 bits per heavy atom. The van der Waals surface area contributed by atoms with Crippen molar-refractivity contribution in [3.8, 4) is 17.2 Å². The van der Waals surface area contributed by atoms with E-state index >= 15 is 0 Å². The van der Waals surface area contributed by atoms with Crippen LogP contribution < -0.4 is 30.4 Å². The fraction of sp³-hybridized carbons (Fsp3) is 0.435. The zero-order valence-corrected chi connectivity index (χ0v) is 18.0. The van der Waals surface area contributed by atoms with Crippen LogP contribution in [0.15, 0.2) is 42.5 Å². The standard InChI is InChI=1S/C23H31N3O4/c1-5-28-19-12-11-17(13-20(19)29-6-2)22-16(4)25-26-23(22)24-21(27)14-30-18-10-8-7-9-15(18)3/h7-13,16,22-23,25-26H,5-6,14H2,1-4H3,(H,24,27). The van der Waals surface area contributed by atoms with E-state index in [1.807, 2.05) is 63.2 Å². The highest BCUT2D eigenvalue weighted by atomic mass is 16.5. The summed E-state index contributed by atoms with van der Waals surface area (Å²) in [5, 5.41) is 3.03. The lowest BCUT2D eigenvalue weighted by Gasteiger charge is -2.24. The number of hydrazine groups is 1. The van der Waals surface area contributed by atoms with Gasteiger partial charge < -0.3 is 19.5 Å². The van der Waals surface area contributed by atoms with Crippen molar-refractivity contribution < 1.29 is 19.0 Å². The maximum Gasteiger partial charge on any atom is 0.259 e. The number of hydrogen-bond donors (Lipinski definition) is 3. The summed E-state index contributed by atoms with van der Waals surface area (Å²) in [5.74, 6) is 1.98. The Labute approximate surface area is 178 Å². The normalized spacial score (nSPS) is 20.6. The lowest BCUT2D eigenvalue weighted by Crippen LogP contribution is -2.47. The van der Waals surface area contributed by atoms with E-state index in [0.29, 0.717) is 24.7 Å². The summed E-state index contributed by atoms with van der Waals surface area (Å²) in [5.41, 5.74) is 8.45. The average Bonchev–Trinajstić information content (AvgIpc) is 3.09. The molecule has 1 aliphatic rings. The van der Waals surface area contributed by atoms with Gasteiger partial charge in [0.2, 0.25) is 0 Å². The first kappa shape index (κ1) is 21.9. The molecule has 3 atom stereocenters. The summed E-state index contributed by atoms with van der Waals surface area (Å²) in [7, 11) is 0. The number of rotatable bonds is 9. The largest absolute Gasteiger partial charge is 0.490 e. The molecule has 2 aromatic carbocycles. The second-order valence-corrected chi connectivity index (χ2v) is 7.27. The molecule has 162 valence electrons. The highest BCUT2D eigenvalue weighted by molar-refractivity contribution is 5.78. The molecule has 1 heterocycles. The zero-order chi connectivity index (χ0) is 21.5. The number of carbonyl (C=O) groups is 1. The fourth-order valence-electron chi connectivity index (χ4n) is 3.65. The molecule has 0 bridgehead atoms. The minimum Gasteiger partial charge on any atom is -0.490 e. The first-order valence-corrected chi connectivity index (χ1v) is 10.4. The Morgan fingerprint density at radius 3 is 2.43 bits per heavy atom. The number of carbonyl (C=O) groups excluding carboxylic acids is 1. The average molecular weight is 414 g/mol. The Hall–Kier alpha value is -2.77. The predicted octanol–water partition coefficient (Wildman–Crippen LogP) is 2.89. The summed E-state index contributed by atoms with van der Waals surface area (Å²) < 4.78 is 17.1. The molecule has 30 heavy (non-hydrogen) atoms. The van der Waals surface area contributed by atoms with Gasteiger partial charge in [-0.25, -0.2) is 5.43 Å². The highest BCUT2D eigenvalue weighted by Crippen LogP contribution is 2.34. The Balaban J connectivity index is 1.69. The molecule has 3 N–H and O–H groups in total. The van der Waals surface area contributed by atoms with Gasteiger partial charge in [-0.1, -0.05) is 24.3 Å². The molecule has 0 saturated carbocycles. The summed E-state index contributed by atoms with van der Waals surface area (Å²) in [6, 6.07) is 13.7. The van der Waals surface area contributed by atoms with Crippen molar-refractivity contribution >= 4 is 5.91 Å². The van der Waals surface area contributed by atoms with E-state index in [9.17, 15) is 4.79 Å². The van der Waals surface area contributed by atoms with Crippen molar-refractivity contribution in [2.45, 2.75) is 45.8 Å². The van der Waals surface area contributed by atoms with Gasteiger partial charge in [-0.15, -0.1) is 0 Å². The summed E-state index contributed by atoms with van der Waals surface area (Å²) in [6.45, 7) is 9.00.